The summed E-state index contributed by atoms with van der Waals surface area (Å²) >= 11 is 1.29. The second kappa shape index (κ2) is 6.64. The van der Waals surface area contributed by atoms with Crippen molar-refractivity contribution in [2.24, 2.45) is 0 Å². The van der Waals surface area contributed by atoms with Crippen LogP contribution in [0.3, 0.4) is 0 Å². The van der Waals surface area contributed by atoms with Crippen LogP contribution in [0.1, 0.15) is 28.7 Å². The molecule has 5 heteroatoms. The third-order valence-electron chi connectivity index (χ3n) is 2.87. The third-order valence-corrected chi connectivity index (χ3v) is 3.78. The van der Waals surface area contributed by atoms with Crippen LogP contribution >= 0.6 is 11.8 Å². The molecule has 0 amide bonds. The van der Waals surface area contributed by atoms with Crippen LogP contribution in [-0.2, 0) is 16.1 Å². The van der Waals surface area contributed by atoms with E-state index >= 15 is 0 Å². The number of esters is 1. The summed E-state index contributed by atoms with van der Waals surface area (Å²) in [6, 6.07) is 1.92. The zero-order valence-electron chi connectivity index (χ0n) is 11.3. The van der Waals surface area contributed by atoms with Crippen molar-refractivity contribution in [3.8, 4) is 0 Å². The first-order valence-corrected chi connectivity index (χ1v) is 7.01. The summed E-state index contributed by atoms with van der Waals surface area (Å²) in [5, 5.41) is 0. The van der Waals surface area contributed by atoms with E-state index in [1.807, 2.05) is 19.9 Å². The number of nitrogens with zero attached hydrogens (tertiary/aromatic N) is 1. The molecule has 0 radical (unpaired) electrons. The number of Topliss-reactive ketones (excluding diaryl/α,β-unsaturated/α-hetero) is 1. The lowest BCUT2D eigenvalue weighted by atomic mass is 10.2. The number of ether oxygens (including phenoxy) is 1. The van der Waals surface area contributed by atoms with Crippen molar-refractivity contribution in [3.05, 3.63) is 23.0 Å². The van der Waals surface area contributed by atoms with E-state index in [0.717, 1.165) is 23.5 Å². The fourth-order valence-corrected chi connectivity index (χ4v) is 2.66. The van der Waals surface area contributed by atoms with Gasteiger partial charge in [0.2, 0.25) is 0 Å². The zero-order chi connectivity index (χ0) is 13.7. The van der Waals surface area contributed by atoms with E-state index in [0.29, 0.717) is 5.75 Å². The van der Waals surface area contributed by atoms with E-state index in [1.54, 1.807) is 0 Å². The third kappa shape index (κ3) is 3.38. The maximum absolute atomic E-state index is 12.0. The molecule has 0 atom stereocenters. The molecule has 1 aromatic rings. The highest BCUT2D eigenvalue weighted by Gasteiger charge is 2.15. The van der Waals surface area contributed by atoms with Gasteiger partial charge in [0.15, 0.2) is 5.78 Å². The molecule has 0 spiro atoms. The molecule has 0 N–H and O–H groups in total. The van der Waals surface area contributed by atoms with Gasteiger partial charge in [-0.15, -0.1) is 11.8 Å². The number of carbonyl (C=O) groups excluding carboxylic acids is 2. The molecule has 1 rings (SSSR count). The number of rotatable bonds is 6. The summed E-state index contributed by atoms with van der Waals surface area (Å²) in [7, 11) is 1.35. The van der Waals surface area contributed by atoms with E-state index in [2.05, 4.69) is 16.2 Å². The quantitative estimate of drug-likeness (QED) is 0.587. The molecule has 18 heavy (non-hydrogen) atoms. The highest BCUT2D eigenvalue weighted by atomic mass is 32.2. The Kier molecular flexibility index (Phi) is 5.47. The Bertz CT molecular complexity index is 451. The number of methoxy groups -OCH3 is 1. The van der Waals surface area contributed by atoms with Gasteiger partial charge in [0, 0.05) is 23.5 Å². The molecule has 0 aliphatic heterocycles. The molecule has 0 saturated heterocycles. The van der Waals surface area contributed by atoms with Crippen LogP contribution in [0, 0.1) is 13.8 Å². The summed E-state index contributed by atoms with van der Waals surface area (Å²) in [5.41, 5.74) is 2.85. The van der Waals surface area contributed by atoms with Gasteiger partial charge in [0.1, 0.15) is 0 Å². The van der Waals surface area contributed by atoms with Crippen LogP contribution in [0.15, 0.2) is 6.07 Å². The Morgan fingerprint density at radius 3 is 2.50 bits per heavy atom. The van der Waals surface area contributed by atoms with Gasteiger partial charge >= 0.3 is 5.97 Å². The minimum Gasteiger partial charge on any atom is -0.468 e. The predicted octanol–water partition coefficient (Wildman–Crippen LogP) is 2.21. The molecule has 0 aliphatic carbocycles. The highest BCUT2D eigenvalue weighted by Crippen LogP contribution is 2.17. The number of hydrogen-bond donors (Lipinski definition) is 0. The molecular weight excluding hydrogens is 250 g/mol. The zero-order valence-corrected chi connectivity index (χ0v) is 12.1. The van der Waals surface area contributed by atoms with Crippen LogP contribution in [-0.4, -0.2) is 34.9 Å². The molecule has 0 saturated carbocycles. The summed E-state index contributed by atoms with van der Waals surface area (Å²) in [5.74, 6) is 0.293. The molecule has 4 nitrogen and oxygen atoms in total. The maximum atomic E-state index is 12.0. The molecule has 0 aliphatic rings. The van der Waals surface area contributed by atoms with Crippen molar-refractivity contribution in [1.82, 2.24) is 4.57 Å². The summed E-state index contributed by atoms with van der Waals surface area (Å²) in [6.07, 6.45) is 0. The molecule has 100 valence electrons. The monoisotopic (exact) mass is 269 g/mol. The topological polar surface area (TPSA) is 48.3 Å². The van der Waals surface area contributed by atoms with Crippen LogP contribution in [0.25, 0.3) is 0 Å². The Morgan fingerprint density at radius 2 is 2.00 bits per heavy atom. The minimum atomic E-state index is -0.299. The highest BCUT2D eigenvalue weighted by molar-refractivity contribution is 8.00. The first kappa shape index (κ1) is 14.8. The lowest BCUT2D eigenvalue weighted by Crippen LogP contribution is -2.09. The van der Waals surface area contributed by atoms with Crippen molar-refractivity contribution in [2.75, 3.05) is 18.6 Å². The van der Waals surface area contributed by atoms with Gasteiger partial charge in [0.05, 0.1) is 18.6 Å². The van der Waals surface area contributed by atoms with E-state index < -0.39 is 0 Å². The average molecular weight is 269 g/mol. The summed E-state index contributed by atoms with van der Waals surface area (Å²) in [4.78, 5) is 23.0. The first-order valence-electron chi connectivity index (χ1n) is 5.85. The van der Waals surface area contributed by atoms with Crippen LogP contribution < -0.4 is 0 Å². The molecule has 0 unspecified atom stereocenters. The number of thioether (sulfide) groups is 1. The largest absolute Gasteiger partial charge is 0.468 e. The Labute approximate surface area is 112 Å². The molecular formula is C13H19NO3S. The van der Waals surface area contributed by atoms with Crippen molar-refractivity contribution >= 4 is 23.5 Å². The minimum absolute atomic E-state index is 0.0664. The molecule has 0 aromatic carbocycles. The number of aromatic nitrogens is 1. The van der Waals surface area contributed by atoms with Crippen molar-refractivity contribution < 1.29 is 14.3 Å². The average Bonchev–Trinajstić information content (AvgIpc) is 2.64. The van der Waals surface area contributed by atoms with Gasteiger partial charge in [-0.25, -0.2) is 0 Å². The van der Waals surface area contributed by atoms with E-state index in [1.165, 1.54) is 18.9 Å². The van der Waals surface area contributed by atoms with E-state index in [9.17, 15) is 9.59 Å². The second-order valence-corrected chi connectivity index (χ2v) is 5.01. The van der Waals surface area contributed by atoms with Gasteiger partial charge in [-0.05, 0) is 26.8 Å². The molecule has 0 fully saturated rings. The van der Waals surface area contributed by atoms with Crippen molar-refractivity contribution in [2.45, 2.75) is 27.3 Å². The van der Waals surface area contributed by atoms with Crippen LogP contribution in [0.2, 0.25) is 0 Å². The SMILES string of the molecule is CCn1c(C)cc(C(=O)CSCC(=O)OC)c1C. The van der Waals surface area contributed by atoms with E-state index in [4.69, 9.17) is 0 Å². The molecule has 0 bridgehead atoms. The van der Waals surface area contributed by atoms with Gasteiger partial charge < -0.3 is 9.30 Å². The maximum Gasteiger partial charge on any atom is 0.315 e. The Balaban J connectivity index is 2.65. The predicted molar refractivity (Wildman–Crippen MR) is 73.3 cm³/mol. The van der Waals surface area contributed by atoms with Crippen molar-refractivity contribution in [3.63, 3.8) is 0 Å². The van der Waals surface area contributed by atoms with Gasteiger partial charge in [-0.2, -0.15) is 0 Å². The lowest BCUT2D eigenvalue weighted by molar-refractivity contribution is -0.137. The fourth-order valence-electron chi connectivity index (χ4n) is 1.93. The number of hydrogen-bond acceptors (Lipinski definition) is 4. The van der Waals surface area contributed by atoms with Gasteiger partial charge in [-0.3, -0.25) is 9.59 Å². The van der Waals surface area contributed by atoms with Gasteiger partial charge in [-0.1, -0.05) is 0 Å². The second-order valence-electron chi connectivity index (χ2n) is 4.02. The van der Waals surface area contributed by atoms with Crippen molar-refractivity contribution in [1.29, 1.82) is 0 Å². The summed E-state index contributed by atoms with van der Waals surface area (Å²) in [6.45, 7) is 6.87. The Hall–Kier alpha value is -1.23. The van der Waals surface area contributed by atoms with Crippen LogP contribution in [0.4, 0.5) is 0 Å². The smallest absolute Gasteiger partial charge is 0.315 e. The number of carbonyl (C=O) groups is 2. The summed E-state index contributed by atoms with van der Waals surface area (Å²) < 4.78 is 6.64. The normalized spacial score (nSPS) is 10.4. The lowest BCUT2D eigenvalue weighted by Gasteiger charge is -2.05. The fraction of sp³-hybridized carbons (Fsp3) is 0.538. The van der Waals surface area contributed by atoms with Gasteiger partial charge in [0.25, 0.3) is 0 Å². The van der Waals surface area contributed by atoms with Crippen LogP contribution in [0.5, 0.6) is 0 Å². The molecule has 1 aromatic heterocycles. The number of ketones is 1. The van der Waals surface area contributed by atoms with E-state index in [-0.39, 0.29) is 17.5 Å². The first-order chi connectivity index (χ1) is 8.51. The number of aryl methyl sites for hydroxylation is 1. The molecule has 1 heterocycles. The standard InChI is InChI=1S/C13H19NO3S/c1-5-14-9(2)6-11(10(14)3)12(15)7-18-8-13(16)17-4/h6H,5,7-8H2,1-4H3. The Morgan fingerprint density at radius 1 is 1.33 bits per heavy atom.